The molecule has 0 unspecified atom stereocenters. The second-order valence-electron chi connectivity index (χ2n) is 4.18. The van der Waals surface area contributed by atoms with Crippen molar-refractivity contribution in [2.24, 2.45) is 5.73 Å². The zero-order valence-corrected chi connectivity index (χ0v) is 10.4. The van der Waals surface area contributed by atoms with E-state index in [1.807, 2.05) is 0 Å². The molecule has 0 saturated heterocycles. The lowest BCUT2D eigenvalue weighted by atomic mass is 9.82. The van der Waals surface area contributed by atoms with Crippen molar-refractivity contribution in [2.45, 2.75) is 37.6 Å². The van der Waals surface area contributed by atoms with Crippen LogP contribution in [0.1, 0.15) is 37.2 Å². The van der Waals surface area contributed by atoms with Crippen LogP contribution in [0.3, 0.4) is 0 Å². The molecule has 0 radical (unpaired) electrons. The van der Waals surface area contributed by atoms with E-state index in [2.05, 4.69) is 46.9 Å². The lowest BCUT2D eigenvalue weighted by Crippen LogP contribution is -2.26. The molecule has 1 saturated carbocycles. The molecule has 14 heavy (non-hydrogen) atoms. The van der Waals surface area contributed by atoms with Gasteiger partial charge in [0.2, 0.25) is 0 Å². The number of hydrogen-bond acceptors (Lipinski definition) is 1. The fourth-order valence-electron chi connectivity index (χ4n) is 2.29. The summed E-state index contributed by atoms with van der Waals surface area (Å²) in [6.45, 7) is 0. The molecule has 1 aliphatic carbocycles. The zero-order chi connectivity index (χ0) is 9.97. The molecule has 0 amide bonds. The van der Waals surface area contributed by atoms with Crippen molar-refractivity contribution in [3.8, 4) is 0 Å². The summed E-state index contributed by atoms with van der Waals surface area (Å²) in [6, 6.07) is 9.25. The van der Waals surface area contributed by atoms with Gasteiger partial charge in [0.25, 0.3) is 0 Å². The Morgan fingerprint density at radius 1 is 1.29 bits per heavy atom. The Labute approximate surface area is 99.2 Å². The Hall–Kier alpha value is -0.0900. The van der Waals surface area contributed by atoms with Gasteiger partial charge < -0.3 is 5.73 Å². The summed E-state index contributed by atoms with van der Waals surface area (Å²) >= 11 is 2.38. The van der Waals surface area contributed by atoms with Gasteiger partial charge in [-0.25, -0.2) is 0 Å². The summed E-state index contributed by atoms with van der Waals surface area (Å²) < 4.78 is 1.33. The largest absolute Gasteiger partial charge is 0.328 e. The SMILES string of the molecule is N[C@@H]1CCC[C@@H](c2cccc(I)c2)C1. The van der Waals surface area contributed by atoms with Crippen LogP contribution in [-0.2, 0) is 0 Å². The van der Waals surface area contributed by atoms with Crippen LogP contribution in [0.15, 0.2) is 24.3 Å². The van der Waals surface area contributed by atoms with E-state index < -0.39 is 0 Å². The first-order chi connectivity index (χ1) is 6.75. The van der Waals surface area contributed by atoms with Gasteiger partial charge in [0.05, 0.1) is 0 Å². The third kappa shape index (κ3) is 2.48. The van der Waals surface area contributed by atoms with Gasteiger partial charge in [0.1, 0.15) is 0 Å². The van der Waals surface area contributed by atoms with Gasteiger partial charge >= 0.3 is 0 Å². The fraction of sp³-hybridized carbons (Fsp3) is 0.500. The van der Waals surface area contributed by atoms with Crippen LogP contribution in [0, 0.1) is 3.57 Å². The highest BCUT2D eigenvalue weighted by Crippen LogP contribution is 2.32. The number of nitrogens with two attached hydrogens (primary N) is 1. The molecule has 1 nitrogen and oxygen atoms in total. The first kappa shape index (κ1) is 10.4. The summed E-state index contributed by atoms with van der Waals surface area (Å²) in [5.74, 6) is 0.702. The van der Waals surface area contributed by atoms with Crippen molar-refractivity contribution < 1.29 is 0 Å². The van der Waals surface area contributed by atoms with Crippen molar-refractivity contribution in [2.75, 3.05) is 0 Å². The molecule has 2 atom stereocenters. The van der Waals surface area contributed by atoms with E-state index in [1.165, 1.54) is 34.8 Å². The fourth-order valence-corrected chi connectivity index (χ4v) is 2.86. The third-order valence-electron chi connectivity index (χ3n) is 3.03. The highest BCUT2D eigenvalue weighted by atomic mass is 127. The number of benzene rings is 1. The summed E-state index contributed by atoms with van der Waals surface area (Å²) in [4.78, 5) is 0. The minimum atomic E-state index is 0.423. The van der Waals surface area contributed by atoms with Crippen LogP contribution in [0.25, 0.3) is 0 Å². The minimum Gasteiger partial charge on any atom is -0.328 e. The van der Waals surface area contributed by atoms with Gasteiger partial charge in [0.15, 0.2) is 0 Å². The Kier molecular flexibility index (Phi) is 3.44. The third-order valence-corrected chi connectivity index (χ3v) is 3.71. The lowest BCUT2D eigenvalue weighted by Gasteiger charge is -2.26. The van der Waals surface area contributed by atoms with Crippen molar-refractivity contribution in [1.82, 2.24) is 0 Å². The van der Waals surface area contributed by atoms with Crippen LogP contribution in [-0.4, -0.2) is 6.04 Å². The summed E-state index contributed by atoms with van der Waals surface area (Å²) in [5.41, 5.74) is 7.48. The van der Waals surface area contributed by atoms with Gasteiger partial charge in [-0.2, -0.15) is 0 Å². The Morgan fingerprint density at radius 2 is 2.14 bits per heavy atom. The Bertz CT molecular complexity index is 311. The molecule has 1 aromatic carbocycles. The average molecular weight is 301 g/mol. The molecule has 2 N–H and O–H groups in total. The topological polar surface area (TPSA) is 26.0 Å². The molecule has 1 aliphatic rings. The molecular formula is C12H16IN. The second kappa shape index (κ2) is 4.62. The molecule has 2 heteroatoms. The van der Waals surface area contributed by atoms with Gasteiger partial charge in [-0.15, -0.1) is 0 Å². The Morgan fingerprint density at radius 3 is 2.86 bits per heavy atom. The summed E-state index contributed by atoms with van der Waals surface area (Å²) in [7, 11) is 0. The maximum absolute atomic E-state index is 6.00. The van der Waals surface area contributed by atoms with Crippen LogP contribution in [0.2, 0.25) is 0 Å². The molecule has 1 fully saturated rings. The highest BCUT2D eigenvalue weighted by molar-refractivity contribution is 14.1. The summed E-state index contributed by atoms with van der Waals surface area (Å²) in [5, 5.41) is 0. The molecule has 2 rings (SSSR count). The van der Waals surface area contributed by atoms with E-state index >= 15 is 0 Å². The quantitative estimate of drug-likeness (QED) is 0.792. The normalized spacial score (nSPS) is 27.6. The van der Waals surface area contributed by atoms with E-state index in [9.17, 15) is 0 Å². The van der Waals surface area contributed by atoms with Crippen LogP contribution in [0.5, 0.6) is 0 Å². The lowest BCUT2D eigenvalue weighted by molar-refractivity contribution is 0.393. The monoisotopic (exact) mass is 301 g/mol. The summed E-state index contributed by atoms with van der Waals surface area (Å²) in [6.07, 6.45) is 4.98. The minimum absolute atomic E-state index is 0.423. The van der Waals surface area contributed by atoms with Crippen LogP contribution < -0.4 is 5.73 Å². The molecule has 0 aromatic heterocycles. The molecular weight excluding hydrogens is 285 g/mol. The number of hydrogen-bond donors (Lipinski definition) is 1. The van der Waals surface area contributed by atoms with E-state index in [1.54, 1.807) is 0 Å². The molecule has 1 aromatic rings. The molecule has 0 heterocycles. The Balaban J connectivity index is 2.14. The molecule has 76 valence electrons. The average Bonchev–Trinajstić information content (AvgIpc) is 2.18. The van der Waals surface area contributed by atoms with Crippen LogP contribution in [0.4, 0.5) is 0 Å². The van der Waals surface area contributed by atoms with E-state index in [4.69, 9.17) is 5.73 Å². The van der Waals surface area contributed by atoms with Crippen molar-refractivity contribution in [3.05, 3.63) is 33.4 Å². The van der Waals surface area contributed by atoms with E-state index in [-0.39, 0.29) is 0 Å². The van der Waals surface area contributed by atoms with Gasteiger partial charge in [-0.3, -0.25) is 0 Å². The smallest absolute Gasteiger partial charge is 0.0133 e. The van der Waals surface area contributed by atoms with Crippen LogP contribution >= 0.6 is 22.6 Å². The zero-order valence-electron chi connectivity index (χ0n) is 8.25. The molecule has 0 spiro atoms. The molecule has 0 bridgehead atoms. The van der Waals surface area contributed by atoms with Gasteiger partial charge in [-0.05, 0) is 65.5 Å². The predicted octanol–water partition coefficient (Wildman–Crippen LogP) is 3.28. The van der Waals surface area contributed by atoms with Crippen molar-refractivity contribution >= 4 is 22.6 Å². The van der Waals surface area contributed by atoms with Crippen molar-refractivity contribution in [1.29, 1.82) is 0 Å². The first-order valence-electron chi connectivity index (χ1n) is 5.27. The second-order valence-corrected chi connectivity index (χ2v) is 5.42. The maximum Gasteiger partial charge on any atom is 0.0133 e. The number of halogens is 1. The van der Waals surface area contributed by atoms with E-state index in [0.29, 0.717) is 12.0 Å². The number of rotatable bonds is 1. The molecule has 0 aliphatic heterocycles. The highest BCUT2D eigenvalue weighted by Gasteiger charge is 2.20. The maximum atomic E-state index is 6.00. The standard InChI is InChI=1S/C12H16IN/c13-11-5-1-3-9(7-11)10-4-2-6-12(14)8-10/h1,3,5,7,10,12H,2,4,6,8,14H2/t10-,12-/m1/s1. The van der Waals surface area contributed by atoms with Crippen molar-refractivity contribution in [3.63, 3.8) is 0 Å². The first-order valence-corrected chi connectivity index (χ1v) is 6.34. The van der Waals surface area contributed by atoms with Gasteiger partial charge in [0, 0.05) is 9.61 Å². The predicted molar refractivity (Wildman–Crippen MR) is 68.3 cm³/mol. The van der Waals surface area contributed by atoms with E-state index in [0.717, 1.165) is 0 Å². The van der Waals surface area contributed by atoms with Gasteiger partial charge in [-0.1, -0.05) is 18.6 Å².